The van der Waals surface area contributed by atoms with Crippen LogP contribution in [0.4, 0.5) is 4.39 Å². The van der Waals surface area contributed by atoms with Crippen molar-refractivity contribution in [3.05, 3.63) is 35.1 Å². The quantitative estimate of drug-likeness (QED) is 0.810. The van der Waals surface area contributed by atoms with Crippen molar-refractivity contribution in [3.8, 4) is 0 Å². The molecule has 0 aliphatic heterocycles. The van der Waals surface area contributed by atoms with E-state index in [1.165, 1.54) is 13.8 Å². The van der Waals surface area contributed by atoms with Crippen LogP contribution in [0.1, 0.15) is 29.8 Å². The highest BCUT2D eigenvalue weighted by Gasteiger charge is 2.35. The highest BCUT2D eigenvalue weighted by atomic mass is 32.2. The highest BCUT2D eigenvalue weighted by Crippen LogP contribution is 2.20. The van der Waals surface area contributed by atoms with E-state index in [1.807, 2.05) is 0 Å². The molecule has 0 aliphatic carbocycles. The molecule has 0 spiro atoms. The van der Waals surface area contributed by atoms with Gasteiger partial charge in [-0.1, -0.05) is 13.8 Å². The van der Waals surface area contributed by atoms with Crippen molar-refractivity contribution >= 4 is 21.7 Å². The number of carboxylic acids is 1. The number of primary amides is 1. The maximum atomic E-state index is 13.7. The maximum absolute atomic E-state index is 13.7. The van der Waals surface area contributed by atoms with E-state index in [4.69, 9.17) is 10.8 Å². The number of carbonyl (C=O) groups excluding carboxylic acids is 1. The second-order valence-electron chi connectivity index (χ2n) is 4.98. The van der Waals surface area contributed by atoms with E-state index in [0.29, 0.717) is 0 Å². The number of carboxylic acid groups (broad SMARTS) is 1. The van der Waals surface area contributed by atoms with Gasteiger partial charge in [0.05, 0.1) is 5.75 Å². The van der Waals surface area contributed by atoms with E-state index in [1.54, 1.807) is 0 Å². The van der Waals surface area contributed by atoms with Crippen LogP contribution in [0.2, 0.25) is 0 Å². The summed E-state index contributed by atoms with van der Waals surface area (Å²) in [5.41, 5.74) is 4.72. The molecule has 0 saturated heterocycles. The maximum Gasteiger partial charge on any atom is 0.322 e. The Hall–Kier alpha value is -1.96. The van der Waals surface area contributed by atoms with Gasteiger partial charge < -0.3 is 10.8 Å². The van der Waals surface area contributed by atoms with Crippen LogP contribution in [0.3, 0.4) is 0 Å². The summed E-state index contributed by atoms with van der Waals surface area (Å²) < 4.78 is 38.0. The average Bonchev–Trinajstić information content (AvgIpc) is 2.29. The molecule has 116 valence electrons. The zero-order chi connectivity index (χ0) is 16.4. The smallest absolute Gasteiger partial charge is 0.322 e. The van der Waals surface area contributed by atoms with Crippen LogP contribution in [-0.2, 0) is 20.4 Å². The second kappa shape index (κ2) is 6.21. The molecule has 8 heteroatoms. The lowest BCUT2D eigenvalue weighted by molar-refractivity contribution is -0.137. The molecule has 21 heavy (non-hydrogen) atoms. The molecule has 6 nitrogen and oxygen atoms in total. The number of aliphatic carboxylic acids is 1. The Morgan fingerprint density at radius 1 is 1.33 bits per heavy atom. The van der Waals surface area contributed by atoms with Gasteiger partial charge >= 0.3 is 5.97 Å². The van der Waals surface area contributed by atoms with Crippen molar-refractivity contribution in [2.24, 2.45) is 11.7 Å². The van der Waals surface area contributed by atoms with Crippen molar-refractivity contribution < 1.29 is 27.5 Å². The molecule has 0 fully saturated rings. The minimum absolute atomic E-state index is 0.0435. The van der Waals surface area contributed by atoms with E-state index in [2.05, 4.69) is 0 Å². The molecule has 0 radical (unpaired) electrons. The Bertz CT molecular complexity index is 669. The molecule has 0 heterocycles. The molecule has 3 N–H and O–H groups in total. The fraction of sp³-hybridized carbons (Fsp3) is 0.385. The Balaban J connectivity index is 3.23. The van der Waals surface area contributed by atoms with Crippen molar-refractivity contribution in [1.82, 2.24) is 0 Å². The molecule has 0 aromatic heterocycles. The number of sulfone groups is 1. The van der Waals surface area contributed by atoms with Gasteiger partial charge in [-0.2, -0.15) is 0 Å². The van der Waals surface area contributed by atoms with Crippen LogP contribution in [0.15, 0.2) is 18.2 Å². The van der Waals surface area contributed by atoms with Crippen LogP contribution in [0, 0.1) is 11.7 Å². The summed E-state index contributed by atoms with van der Waals surface area (Å²) >= 11 is 0. The third kappa shape index (κ3) is 4.01. The molecular formula is C13H16FNO5S. The minimum Gasteiger partial charge on any atom is -0.480 e. The molecule has 1 rings (SSSR count). The van der Waals surface area contributed by atoms with Crippen molar-refractivity contribution in [2.75, 3.05) is 0 Å². The Labute approximate surface area is 121 Å². The van der Waals surface area contributed by atoms with E-state index in [0.717, 1.165) is 18.2 Å². The lowest BCUT2D eigenvalue weighted by Gasteiger charge is -2.17. The first-order valence-corrected chi connectivity index (χ1v) is 7.80. The number of rotatable bonds is 6. The summed E-state index contributed by atoms with van der Waals surface area (Å²) in [5, 5.41) is 7.38. The first-order chi connectivity index (χ1) is 9.56. The summed E-state index contributed by atoms with van der Waals surface area (Å²) in [7, 11) is -4.13. The van der Waals surface area contributed by atoms with Gasteiger partial charge in [0, 0.05) is 11.1 Å². The average molecular weight is 317 g/mol. The lowest BCUT2D eigenvalue weighted by Crippen LogP contribution is -2.36. The first-order valence-electron chi connectivity index (χ1n) is 6.09. The molecule has 1 unspecified atom stereocenters. The third-order valence-electron chi connectivity index (χ3n) is 2.92. The molecular weight excluding hydrogens is 301 g/mol. The first kappa shape index (κ1) is 17.1. The summed E-state index contributed by atoms with van der Waals surface area (Å²) in [6.45, 7) is 2.90. The van der Waals surface area contributed by atoms with E-state index in [-0.39, 0.29) is 11.1 Å². The molecule has 1 aromatic carbocycles. The number of benzene rings is 1. The topological polar surface area (TPSA) is 115 Å². The number of nitrogens with two attached hydrogens (primary N) is 1. The summed E-state index contributed by atoms with van der Waals surface area (Å²) in [6.07, 6.45) is 0. The number of amides is 1. The van der Waals surface area contributed by atoms with Crippen LogP contribution in [0.25, 0.3) is 0 Å². The Morgan fingerprint density at radius 3 is 2.33 bits per heavy atom. The van der Waals surface area contributed by atoms with Crippen molar-refractivity contribution in [3.63, 3.8) is 0 Å². The molecule has 1 amide bonds. The monoisotopic (exact) mass is 317 g/mol. The lowest BCUT2D eigenvalue weighted by atomic mass is 10.1. The standard InChI is InChI=1S/C13H16FNO5S/c1-7(2)11(13(17)18)21(19,20)6-9-5-8(12(15)16)3-4-10(9)14/h3-5,7,11H,6H2,1-2H3,(H2,15,16)(H,17,18). The summed E-state index contributed by atoms with van der Waals surface area (Å²) in [4.78, 5) is 22.1. The highest BCUT2D eigenvalue weighted by molar-refractivity contribution is 7.92. The van der Waals surface area contributed by atoms with Crippen LogP contribution < -0.4 is 5.73 Å². The van der Waals surface area contributed by atoms with Gasteiger partial charge in [0.2, 0.25) is 5.91 Å². The zero-order valence-electron chi connectivity index (χ0n) is 11.5. The minimum atomic E-state index is -4.13. The second-order valence-corrected chi connectivity index (χ2v) is 7.10. The number of hydrogen-bond donors (Lipinski definition) is 2. The zero-order valence-corrected chi connectivity index (χ0v) is 12.4. The summed E-state index contributed by atoms with van der Waals surface area (Å²) in [5.74, 6) is -4.63. The van der Waals surface area contributed by atoms with Crippen molar-refractivity contribution in [1.29, 1.82) is 0 Å². The van der Waals surface area contributed by atoms with Gasteiger partial charge in [0.1, 0.15) is 5.82 Å². The van der Waals surface area contributed by atoms with E-state index >= 15 is 0 Å². The summed E-state index contributed by atoms with van der Waals surface area (Å²) in [6, 6.07) is 3.08. The third-order valence-corrected chi connectivity index (χ3v) is 5.16. The normalized spacial score (nSPS) is 13.1. The van der Waals surface area contributed by atoms with Crippen molar-refractivity contribution in [2.45, 2.75) is 24.9 Å². The van der Waals surface area contributed by atoms with Gasteiger partial charge in [0.25, 0.3) is 0 Å². The van der Waals surface area contributed by atoms with Gasteiger partial charge in [0.15, 0.2) is 15.1 Å². The fourth-order valence-electron chi connectivity index (χ4n) is 2.00. The van der Waals surface area contributed by atoms with Gasteiger partial charge in [-0.25, -0.2) is 12.8 Å². The fourth-order valence-corrected chi connectivity index (χ4v) is 3.97. The number of halogens is 1. The van der Waals surface area contributed by atoms with Gasteiger partial charge in [-0.15, -0.1) is 0 Å². The molecule has 1 atom stereocenters. The van der Waals surface area contributed by atoms with Gasteiger partial charge in [-0.3, -0.25) is 9.59 Å². The molecule has 0 aliphatic rings. The van der Waals surface area contributed by atoms with Crippen LogP contribution in [-0.4, -0.2) is 30.7 Å². The number of carbonyl (C=O) groups is 2. The Kier molecular flexibility index (Phi) is 5.06. The van der Waals surface area contributed by atoms with E-state index < -0.39 is 44.5 Å². The Morgan fingerprint density at radius 2 is 1.90 bits per heavy atom. The molecule has 0 saturated carbocycles. The largest absolute Gasteiger partial charge is 0.480 e. The van der Waals surface area contributed by atoms with Crippen LogP contribution >= 0.6 is 0 Å². The number of hydrogen-bond acceptors (Lipinski definition) is 4. The predicted octanol–water partition coefficient (Wildman–Crippen LogP) is 0.949. The molecule has 1 aromatic rings. The van der Waals surface area contributed by atoms with Crippen LogP contribution in [0.5, 0.6) is 0 Å². The predicted molar refractivity (Wildman–Crippen MR) is 73.8 cm³/mol. The van der Waals surface area contributed by atoms with Gasteiger partial charge in [-0.05, 0) is 24.1 Å². The van der Waals surface area contributed by atoms with E-state index in [9.17, 15) is 22.4 Å². The molecule has 0 bridgehead atoms. The SMILES string of the molecule is CC(C)C(C(=O)O)S(=O)(=O)Cc1cc(C(N)=O)ccc1F.